The lowest BCUT2D eigenvalue weighted by Crippen LogP contribution is -2.14. The van der Waals surface area contributed by atoms with Crippen LogP contribution in [0.1, 0.15) is 18.9 Å². The van der Waals surface area contributed by atoms with Gasteiger partial charge in [0.1, 0.15) is 0 Å². The summed E-state index contributed by atoms with van der Waals surface area (Å²) >= 11 is 7.41. The molecule has 1 aromatic rings. The Balaban J connectivity index is 2.14. The van der Waals surface area contributed by atoms with Gasteiger partial charge in [-0.3, -0.25) is 4.79 Å². The average molecular weight is 270 g/mol. The summed E-state index contributed by atoms with van der Waals surface area (Å²) in [6, 6.07) is 5.68. The fourth-order valence-electron chi connectivity index (χ4n) is 1.52. The number of ether oxygens (including phenoxy) is 1. The first-order valence-electron chi connectivity index (χ1n) is 5.27. The molecule has 17 heavy (non-hydrogen) atoms. The van der Waals surface area contributed by atoms with E-state index in [4.69, 9.17) is 16.3 Å². The summed E-state index contributed by atoms with van der Waals surface area (Å²) in [6.45, 7) is 2.20. The number of esters is 1. The molecule has 0 spiro atoms. The van der Waals surface area contributed by atoms with Gasteiger partial charge in [0.2, 0.25) is 0 Å². The maximum atomic E-state index is 11.4. The highest BCUT2D eigenvalue weighted by Crippen LogP contribution is 2.30. The first-order chi connectivity index (χ1) is 8.19. The van der Waals surface area contributed by atoms with Crippen LogP contribution in [-0.2, 0) is 9.53 Å². The maximum Gasteiger partial charge on any atom is 0.311 e. The highest BCUT2D eigenvalue weighted by molar-refractivity contribution is 7.97. The molecular weight excluding hydrogens is 258 g/mol. The van der Waals surface area contributed by atoms with Crippen LogP contribution in [0.4, 0.5) is 0 Å². The van der Waals surface area contributed by atoms with Gasteiger partial charge >= 0.3 is 5.97 Å². The van der Waals surface area contributed by atoms with Crippen molar-refractivity contribution in [2.75, 3.05) is 6.61 Å². The number of hydrogen-bond donors (Lipinski definition) is 1. The molecule has 0 atom stereocenters. The van der Waals surface area contributed by atoms with Crippen LogP contribution in [0.15, 0.2) is 28.8 Å². The number of fused-ring (bicyclic) bond motifs is 1. The van der Waals surface area contributed by atoms with E-state index in [0.717, 1.165) is 16.2 Å². The van der Waals surface area contributed by atoms with Crippen molar-refractivity contribution < 1.29 is 9.53 Å². The molecule has 1 aliphatic rings. The minimum Gasteiger partial charge on any atom is -0.466 e. The molecule has 0 fully saturated rings. The molecule has 5 heteroatoms. The van der Waals surface area contributed by atoms with Crippen LogP contribution in [0.25, 0.3) is 6.08 Å². The van der Waals surface area contributed by atoms with Crippen LogP contribution in [-0.4, -0.2) is 12.6 Å². The number of carbonyl (C=O) groups excluding carboxylic acids is 1. The lowest BCUT2D eigenvalue weighted by atomic mass is 10.1. The summed E-state index contributed by atoms with van der Waals surface area (Å²) in [5.74, 6) is -0.225. The molecule has 3 nitrogen and oxygen atoms in total. The molecule has 0 bridgehead atoms. The topological polar surface area (TPSA) is 38.3 Å². The predicted octanol–water partition coefficient (Wildman–Crippen LogP) is 3.24. The monoisotopic (exact) mass is 269 g/mol. The van der Waals surface area contributed by atoms with Crippen molar-refractivity contribution in [2.45, 2.75) is 18.2 Å². The van der Waals surface area contributed by atoms with Gasteiger partial charge in [-0.15, -0.1) is 0 Å². The Morgan fingerprint density at radius 2 is 2.35 bits per heavy atom. The Morgan fingerprint density at radius 1 is 1.53 bits per heavy atom. The second-order valence-corrected chi connectivity index (χ2v) is 4.82. The molecule has 0 radical (unpaired) electrons. The minimum atomic E-state index is -0.225. The van der Waals surface area contributed by atoms with Crippen LogP contribution in [0.3, 0.4) is 0 Å². The highest BCUT2D eigenvalue weighted by atomic mass is 35.5. The van der Waals surface area contributed by atoms with Crippen LogP contribution < -0.4 is 4.72 Å². The third kappa shape index (κ3) is 3.17. The summed E-state index contributed by atoms with van der Waals surface area (Å²) in [6.07, 6.45) is 2.18. The Morgan fingerprint density at radius 3 is 3.12 bits per heavy atom. The molecule has 0 saturated carbocycles. The van der Waals surface area contributed by atoms with E-state index in [1.165, 1.54) is 11.9 Å². The van der Waals surface area contributed by atoms with Gasteiger partial charge in [-0.05, 0) is 48.7 Å². The second kappa shape index (κ2) is 5.47. The number of rotatable bonds is 3. The zero-order valence-electron chi connectivity index (χ0n) is 9.33. The summed E-state index contributed by atoms with van der Waals surface area (Å²) < 4.78 is 8.02. The summed E-state index contributed by atoms with van der Waals surface area (Å²) in [5, 5.41) is 0.693. The van der Waals surface area contributed by atoms with Gasteiger partial charge in [0, 0.05) is 15.6 Å². The molecule has 0 aromatic heterocycles. The van der Waals surface area contributed by atoms with Crippen LogP contribution in [0.2, 0.25) is 5.02 Å². The van der Waals surface area contributed by atoms with E-state index in [2.05, 4.69) is 4.72 Å². The number of carbonyl (C=O) groups is 1. The third-order valence-corrected chi connectivity index (χ3v) is 3.42. The van der Waals surface area contributed by atoms with Crippen LogP contribution in [0, 0.1) is 0 Å². The van der Waals surface area contributed by atoms with E-state index >= 15 is 0 Å². The Bertz CT molecular complexity index is 474. The Kier molecular flexibility index (Phi) is 3.97. The maximum absolute atomic E-state index is 11.4. The summed E-state index contributed by atoms with van der Waals surface area (Å²) in [4.78, 5) is 12.5. The number of benzene rings is 1. The van der Waals surface area contributed by atoms with Crippen molar-refractivity contribution in [1.29, 1.82) is 0 Å². The van der Waals surface area contributed by atoms with E-state index < -0.39 is 0 Å². The van der Waals surface area contributed by atoms with Gasteiger partial charge in [-0.25, -0.2) is 0 Å². The molecule has 0 saturated heterocycles. The first-order valence-corrected chi connectivity index (χ1v) is 6.47. The number of nitrogens with one attached hydrogen (secondary N) is 1. The molecule has 0 amide bonds. The Hall–Kier alpha value is -1.13. The summed E-state index contributed by atoms with van der Waals surface area (Å²) in [7, 11) is 0. The third-order valence-electron chi connectivity index (χ3n) is 2.23. The zero-order chi connectivity index (χ0) is 12.3. The predicted molar refractivity (Wildman–Crippen MR) is 69.7 cm³/mol. The van der Waals surface area contributed by atoms with Gasteiger partial charge in [-0.1, -0.05) is 11.6 Å². The lowest BCUT2D eigenvalue weighted by molar-refractivity contribution is -0.142. The van der Waals surface area contributed by atoms with E-state index in [0.29, 0.717) is 11.6 Å². The zero-order valence-corrected chi connectivity index (χ0v) is 10.9. The second-order valence-electron chi connectivity index (χ2n) is 3.54. The van der Waals surface area contributed by atoms with Crippen LogP contribution >= 0.6 is 23.5 Å². The van der Waals surface area contributed by atoms with Crippen molar-refractivity contribution in [1.82, 2.24) is 4.72 Å². The van der Waals surface area contributed by atoms with E-state index in [-0.39, 0.29) is 12.4 Å². The number of halogens is 1. The minimum absolute atomic E-state index is 0.225. The fraction of sp³-hybridized carbons (Fsp3) is 0.250. The molecule has 1 aromatic carbocycles. The molecule has 2 rings (SSSR count). The van der Waals surface area contributed by atoms with Crippen molar-refractivity contribution in [3.63, 3.8) is 0 Å². The largest absolute Gasteiger partial charge is 0.466 e. The van der Waals surface area contributed by atoms with Gasteiger partial charge in [0.15, 0.2) is 0 Å². The van der Waals surface area contributed by atoms with E-state index in [1.807, 2.05) is 24.3 Å². The molecular formula is C12H12ClNO2S. The Labute approximate surface area is 109 Å². The molecule has 0 unspecified atom stereocenters. The fourth-order valence-corrected chi connectivity index (χ4v) is 2.44. The first kappa shape index (κ1) is 12.3. The van der Waals surface area contributed by atoms with E-state index in [9.17, 15) is 4.79 Å². The highest BCUT2D eigenvalue weighted by Gasteiger charge is 2.14. The molecule has 1 heterocycles. The standard InChI is InChI=1S/C12H12ClNO2S/c1-2-16-12(15)7-10-6-8-5-9(13)3-4-11(8)17-14-10/h3-6,14H,2,7H2,1H3. The van der Waals surface area contributed by atoms with Gasteiger partial charge in [0.25, 0.3) is 0 Å². The molecule has 0 aliphatic carbocycles. The van der Waals surface area contributed by atoms with Gasteiger partial charge in [-0.2, -0.15) is 0 Å². The van der Waals surface area contributed by atoms with Gasteiger partial charge in [0.05, 0.1) is 13.0 Å². The van der Waals surface area contributed by atoms with E-state index in [1.54, 1.807) is 6.92 Å². The molecule has 90 valence electrons. The quantitative estimate of drug-likeness (QED) is 0.675. The van der Waals surface area contributed by atoms with Gasteiger partial charge < -0.3 is 9.46 Å². The molecule has 1 N–H and O–H groups in total. The van der Waals surface area contributed by atoms with Crippen molar-refractivity contribution in [3.8, 4) is 0 Å². The average Bonchev–Trinajstić information content (AvgIpc) is 2.28. The smallest absolute Gasteiger partial charge is 0.311 e. The van der Waals surface area contributed by atoms with Crippen molar-refractivity contribution in [2.24, 2.45) is 0 Å². The lowest BCUT2D eigenvalue weighted by Gasteiger charge is -2.17. The normalized spacial score (nSPS) is 13.4. The summed E-state index contributed by atoms with van der Waals surface area (Å²) in [5.41, 5.74) is 1.86. The van der Waals surface area contributed by atoms with Crippen LogP contribution in [0.5, 0.6) is 0 Å². The van der Waals surface area contributed by atoms with Crippen molar-refractivity contribution >= 4 is 35.6 Å². The SMILES string of the molecule is CCOC(=O)CC1=Cc2cc(Cl)ccc2SN1. The molecule has 1 aliphatic heterocycles. The number of hydrogen-bond acceptors (Lipinski definition) is 4. The van der Waals surface area contributed by atoms with Crippen molar-refractivity contribution in [3.05, 3.63) is 34.5 Å².